The quantitative estimate of drug-likeness (QED) is 0.660. The molecule has 19 heavy (non-hydrogen) atoms. The molecule has 1 aromatic carbocycles. The number of rotatable bonds is 4. The lowest BCUT2D eigenvalue weighted by atomic mass is 10.1. The van der Waals surface area contributed by atoms with Crippen LogP contribution in [0.5, 0.6) is 0 Å². The predicted molar refractivity (Wildman–Crippen MR) is 72.5 cm³/mol. The third-order valence-corrected chi connectivity index (χ3v) is 2.57. The van der Waals surface area contributed by atoms with Gasteiger partial charge in [0.25, 0.3) is 5.70 Å². The number of nitriles is 1. The summed E-state index contributed by atoms with van der Waals surface area (Å²) in [5, 5.41) is 17.7. The number of hydrogen-bond acceptors (Lipinski definition) is 3. The molecule has 1 rings (SSSR count). The second kappa shape index (κ2) is 6.81. The number of aliphatic hydroxyl groups is 1. The van der Waals surface area contributed by atoms with Crippen molar-refractivity contribution in [2.24, 2.45) is 0 Å². The molecule has 0 saturated carbocycles. The SMILES string of the molecule is [C-]#[N+]C(C#N)=C([N+]#[C-])c1ccc(N(C)CCO)cc1. The third kappa shape index (κ3) is 3.33. The molecule has 94 valence electrons. The Kier molecular flexibility index (Phi) is 5.11. The molecule has 0 unspecified atom stereocenters. The molecule has 0 amide bonds. The highest BCUT2D eigenvalue weighted by Crippen LogP contribution is 2.23. The summed E-state index contributed by atoms with van der Waals surface area (Å²) in [6.45, 7) is 14.5. The summed E-state index contributed by atoms with van der Waals surface area (Å²) in [7, 11) is 1.84. The van der Waals surface area contributed by atoms with E-state index < -0.39 is 0 Å². The van der Waals surface area contributed by atoms with Gasteiger partial charge in [-0.05, 0) is 17.7 Å². The normalized spacial score (nSPS) is 10.7. The molecule has 0 atom stereocenters. The van der Waals surface area contributed by atoms with Crippen LogP contribution in [0, 0.1) is 24.5 Å². The smallest absolute Gasteiger partial charge is 0.269 e. The fourth-order valence-corrected chi connectivity index (χ4v) is 1.54. The lowest BCUT2D eigenvalue weighted by molar-refractivity contribution is 0.304. The van der Waals surface area contributed by atoms with Gasteiger partial charge in [0.15, 0.2) is 0 Å². The molecule has 0 radical (unpaired) electrons. The maximum atomic E-state index is 8.86. The zero-order valence-electron chi connectivity index (χ0n) is 10.5. The van der Waals surface area contributed by atoms with Gasteiger partial charge in [-0.25, -0.2) is 15.0 Å². The Bertz CT molecular complexity index is 580. The third-order valence-electron chi connectivity index (χ3n) is 2.57. The first kappa shape index (κ1) is 14.3. The Morgan fingerprint density at radius 1 is 1.32 bits per heavy atom. The van der Waals surface area contributed by atoms with E-state index in [0.29, 0.717) is 12.1 Å². The molecule has 0 aliphatic carbocycles. The van der Waals surface area contributed by atoms with Crippen LogP contribution in [0.4, 0.5) is 5.69 Å². The number of benzene rings is 1. The number of nitrogens with zero attached hydrogens (tertiary/aromatic N) is 4. The largest absolute Gasteiger partial charge is 0.395 e. The molecule has 0 aliphatic rings. The highest BCUT2D eigenvalue weighted by Gasteiger charge is 2.10. The fourth-order valence-electron chi connectivity index (χ4n) is 1.54. The van der Waals surface area contributed by atoms with Crippen LogP contribution in [0.2, 0.25) is 0 Å². The van der Waals surface area contributed by atoms with E-state index in [1.165, 1.54) is 0 Å². The zero-order chi connectivity index (χ0) is 14.3. The number of likely N-dealkylation sites (N-methyl/N-ethyl adjacent to an activating group) is 1. The molecule has 0 saturated heterocycles. The van der Waals surface area contributed by atoms with Crippen molar-refractivity contribution >= 4 is 11.4 Å². The minimum absolute atomic E-state index is 0.0573. The molecule has 0 aliphatic heterocycles. The van der Waals surface area contributed by atoms with Gasteiger partial charge in [-0.3, -0.25) is 0 Å². The molecule has 1 N–H and O–H groups in total. The number of hydrogen-bond donors (Lipinski definition) is 1. The molecule has 0 heterocycles. The summed E-state index contributed by atoms with van der Waals surface area (Å²) >= 11 is 0. The Balaban J connectivity index is 3.13. The van der Waals surface area contributed by atoms with E-state index in [-0.39, 0.29) is 18.0 Å². The van der Waals surface area contributed by atoms with Crippen LogP contribution in [-0.2, 0) is 0 Å². The number of aliphatic hydroxyl groups excluding tert-OH is 1. The van der Waals surface area contributed by atoms with Crippen LogP contribution in [0.1, 0.15) is 5.56 Å². The van der Waals surface area contributed by atoms with Gasteiger partial charge in [-0.15, -0.1) is 0 Å². The highest BCUT2D eigenvalue weighted by molar-refractivity contribution is 5.78. The molecule has 0 spiro atoms. The van der Waals surface area contributed by atoms with E-state index in [1.54, 1.807) is 30.3 Å². The van der Waals surface area contributed by atoms with Crippen LogP contribution >= 0.6 is 0 Å². The molecule has 1 aromatic rings. The Labute approximate surface area is 112 Å². The minimum atomic E-state index is -0.202. The van der Waals surface area contributed by atoms with E-state index in [4.69, 9.17) is 23.5 Å². The standard InChI is InChI=1S/C14H12N4O/c1-16-13(10-15)14(17-2)11-4-6-12(7-5-11)18(3)8-9-19/h4-7,19H,8-9H2,3H3. The topological polar surface area (TPSA) is 56.0 Å². The molecular weight excluding hydrogens is 240 g/mol. The van der Waals surface area contributed by atoms with Gasteiger partial charge < -0.3 is 10.0 Å². The lowest BCUT2D eigenvalue weighted by Gasteiger charge is -2.18. The Hall–Kier alpha value is -2.81. The summed E-state index contributed by atoms with van der Waals surface area (Å²) < 4.78 is 0. The Morgan fingerprint density at radius 2 is 1.95 bits per heavy atom. The van der Waals surface area contributed by atoms with Crippen LogP contribution in [-0.4, -0.2) is 25.3 Å². The van der Waals surface area contributed by atoms with Gasteiger partial charge in [0.2, 0.25) is 5.70 Å². The van der Waals surface area contributed by atoms with E-state index in [1.807, 2.05) is 11.9 Å². The van der Waals surface area contributed by atoms with Gasteiger partial charge >= 0.3 is 0 Å². The van der Waals surface area contributed by atoms with E-state index >= 15 is 0 Å². The maximum Gasteiger partial charge on any atom is 0.269 e. The Morgan fingerprint density at radius 3 is 2.37 bits per heavy atom. The second-order valence-electron chi connectivity index (χ2n) is 3.72. The number of anilines is 1. The summed E-state index contributed by atoms with van der Waals surface area (Å²) in [6, 6.07) is 8.69. The van der Waals surface area contributed by atoms with Crippen molar-refractivity contribution < 1.29 is 5.11 Å². The van der Waals surface area contributed by atoms with Crippen LogP contribution in [0.3, 0.4) is 0 Å². The molecular formula is C14H12N4O. The van der Waals surface area contributed by atoms with Crippen molar-refractivity contribution in [1.29, 1.82) is 5.26 Å². The molecule has 5 heteroatoms. The summed E-state index contributed by atoms with van der Waals surface area (Å²) in [5.74, 6) is 0. The zero-order valence-corrected chi connectivity index (χ0v) is 10.5. The molecule has 5 nitrogen and oxygen atoms in total. The fraction of sp³-hybridized carbons (Fsp3) is 0.214. The van der Waals surface area contributed by atoms with Crippen LogP contribution in [0.15, 0.2) is 30.0 Å². The second-order valence-corrected chi connectivity index (χ2v) is 3.72. The summed E-state index contributed by atoms with van der Waals surface area (Å²) in [5.41, 5.74) is 1.30. The van der Waals surface area contributed by atoms with E-state index in [2.05, 4.69) is 9.69 Å². The van der Waals surface area contributed by atoms with E-state index in [0.717, 1.165) is 5.69 Å². The van der Waals surface area contributed by atoms with Gasteiger partial charge in [0.05, 0.1) is 25.8 Å². The summed E-state index contributed by atoms with van der Waals surface area (Å²) in [4.78, 5) is 8.17. The predicted octanol–water partition coefficient (Wildman–Crippen LogP) is 2.15. The first-order valence-electron chi connectivity index (χ1n) is 5.49. The van der Waals surface area contributed by atoms with Crippen molar-refractivity contribution in [2.75, 3.05) is 25.1 Å². The number of allylic oxidation sites excluding steroid dienone is 1. The molecule has 0 bridgehead atoms. The average Bonchev–Trinajstić information content (AvgIpc) is 2.45. The van der Waals surface area contributed by atoms with Gasteiger partial charge in [-0.2, -0.15) is 0 Å². The van der Waals surface area contributed by atoms with Crippen LogP contribution in [0.25, 0.3) is 15.4 Å². The van der Waals surface area contributed by atoms with Crippen molar-refractivity contribution in [2.45, 2.75) is 0 Å². The summed E-state index contributed by atoms with van der Waals surface area (Å²) in [6.07, 6.45) is 0. The van der Waals surface area contributed by atoms with Crippen molar-refractivity contribution in [1.82, 2.24) is 0 Å². The van der Waals surface area contributed by atoms with Crippen LogP contribution < -0.4 is 4.90 Å². The average molecular weight is 252 g/mol. The van der Waals surface area contributed by atoms with Crippen molar-refractivity contribution in [3.05, 3.63) is 58.4 Å². The maximum absolute atomic E-state index is 8.86. The lowest BCUT2D eigenvalue weighted by Crippen LogP contribution is -2.20. The highest BCUT2D eigenvalue weighted by atomic mass is 16.3. The van der Waals surface area contributed by atoms with Gasteiger partial charge in [0.1, 0.15) is 0 Å². The molecule has 0 fully saturated rings. The first-order chi connectivity index (χ1) is 9.17. The molecule has 0 aromatic heterocycles. The first-order valence-corrected chi connectivity index (χ1v) is 5.49. The van der Waals surface area contributed by atoms with Crippen molar-refractivity contribution in [3.63, 3.8) is 0 Å². The minimum Gasteiger partial charge on any atom is -0.395 e. The van der Waals surface area contributed by atoms with Gasteiger partial charge in [-0.1, -0.05) is 12.1 Å². The van der Waals surface area contributed by atoms with E-state index in [9.17, 15) is 0 Å². The monoisotopic (exact) mass is 252 g/mol. The van der Waals surface area contributed by atoms with Crippen molar-refractivity contribution in [3.8, 4) is 6.07 Å². The van der Waals surface area contributed by atoms with Gasteiger partial charge in [0, 0.05) is 19.3 Å².